The Labute approximate surface area is 167 Å². The van der Waals surface area contributed by atoms with Crippen LogP contribution in [0.1, 0.15) is 28.1 Å². The van der Waals surface area contributed by atoms with Gasteiger partial charge in [0.15, 0.2) is 17.3 Å². The molecule has 0 bridgehead atoms. The molecule has 1 heterocycles. The zero-order valence-electron chi connectivity index (χ0n) is 15.9. The maximum Gasteiger partial charge on any atom is 0.291 e. The molecule has 7 heteroatoms. The summed E-state index contributed by atoms with van der Waals surface area (Å²) in [5.74, 6) is -0.479. The first-order valence-corrected chi connectivity index (χ1v) is 9.08. The van der Waals surface area contributed by atoms with Crippen LogP contribution in [0.4, 0.5) is 10.1 Å². The molecule has 0 aliphatic carbocycles. The first kappa shape index (κ1) is 20.1. The lowest BCUT2D eigenvalue weighted by Gasteiger charge is -2.08. The highest BCUT2D eigenvalue weighted by Gasteiger charge is 2.09. The number of aryl methyl sites for hydroxylation is 1. The maximum atomic E-state index is 13.7. The van der Waals surface area contributed by atoms with Crippen molar-refractivity contribution in [1.29, 1.82) is 0 Å². The number of amides is 2. The van der Waals surface area contributed by atoms with E-state index in [1.807, 2.05) is 12.1 Å². The third-order valence-electron chi connectivity index (χ3n) is 4.30. The van der Waals surface area contributed by atoms with Crippen molar-refractivity contribution in [2.45, 2.75) is 19.4 Å². The van der Waals surface area contributed by atoms with E-state index >= 15 is 0 Å². The molecule has 1 aromatic heterocycles. The molecule has 2 aromatic carbocycles. The van der Waals surface area contributed by atoms with E-state index in [1.165, 1.54) is 19.4 Å². The van der Waals surface area contributed by atoms with Gasteiger partial charge in [0.05, 0.1) is 13.4 Å². The predicted octanol–water partition coefficient (Wildman–Crippen LogP) is 3.93. The number of anilines is 1. The van der Waals surface area contributed by atoms with E-state index in [1.54, 1.807) is 36.4 Å². The average Bonchev–Trinajstić information content (AvgIpc) is 3.27. The number of ether oxygens (including phenoxy) is 1. The molecule has 0 saturated carbocycles. The van der Waals surface area contributed by atoms with Crippen LogP contribution >= 0.6 is 0 Å². The van der Waals surface area contributed by atoms with Gasteiger partial charge in [-0.1, -0.05) is 18.2 Å². The summed E-state index contributed by atoms with van der Waals surface area (Å²) in [6, 6.07) is 15.0. The Morgan fingerprint density at radius 3 is 2.48 bits per heavy atom. The van der Waals surface area contributed by atoms with Crippen molar-refractivity contribution >= 4 is 17.5 Å². The fraction of sp³-hybridized carbons (Fsp3) is 0.182. The van der Waals surface area contributed by atoms with Gasteiger partial charge in [0.25, 0.3) is 5.91 Å². The number of hydrogen-bond acceptors (Lipinski definition) is 4. The largest absolute Gasteiger partial charge is 0.494 e. The zero-order valence-corrected chi connectivity index (χ0v) is 15.9. The fourth-order valence-corrected chi connectivity index (χ4v) is 2.72. The van der Waals surface area contributed by atoms with Crippen LogP contribution in [-0.4, -0.2) is 18.9 Å². The molecule has 0 fully saturated rings. The monoisotopic (exact) mass is 396 g/mol. The summed E-state index contributed by atoms with van der Waals surface area (Å²) in [4.78, 5) is 24.0. The zero-order chi connectivity index (χ0) is 20.6. The molecule has 2 N–H and O–H groups in total. The van der Waals surface area contributed by atoms with Crippen molar-refractivity contribution in [3.8, 4) is 5.75 Å². The highest BCUT2D eigenvalue weighted by atomic mass is 19.1. The molecule has 0 unspecified atom stereocenters. The van der Waals surface area contributed by atoms with E-state index < -0.39 is 5.82 Å². The Morgan fingerprint density at radius 1 is 1.07 bits per heavy atom. The molecule has 0 spiro atoms. The van der Waals surface area contributed by atoms with E-state index in [4.69, 9.17) is 9.15 Å². The molecule has 3 rings (SSSR count). The van der Waals surface area contributed by atoms with Gasteiger partial charge in [-0.15, -0.1) is 0 Å². The quantitative estimate of drug-likeness (QED) is 0.605. The molecule has 0 radical (unpaired) electrons. The summed E-state index contributed by atoms with van der Waals surface area (Å²) in [6.45, 7) is 0.363. The average molecular weight is 396 g/mol. The molecular weight excluding hydrogens is 375 g/mol. The van der Waals surface area contributed by atoms with Crippen LogP contribution in [0, 0.1) is 5.82 Å². The summed E-state index contributed by atoms with van der Waals surface area (Å²) < 4.78 is 23.6. The molecule has 3 aromatic rings. The lowest BCUT2D eigenvalue weighted by molar-refractivity contribution is -0.121. The molecule has 2 amide bonds. The number of methoxy groups -OCH3 is 1. The van der Waals surface area contributed by atoms with Crippen LogP contribution in [0.2, 0.25) is 0 Å². The normalized spacial score (nSPS) is 10.4. The minimum absolute atomic E-state index is 0.128. The minimum atomic E-state index is -0.440. The highest BCUT2D eigenvalue weighted by molar-refractivity contribution is 6.02. The van der Waals surface area contributed by atoms with Gasteiger partial charge in [-0.25, -0.2) is 4.39 Å². The van der Waals surface area contributed by atoms with Crippen LogP contribution in [-0.2, 0) is 17.8 Å². The summed E-state index contributed by atoms with van der Waals surface area (Å²) in [7, 11) is 1.41. The Hall–Kier alpha value is -3.61. The first-order chi connectivity index (χ1) is 14.0. The molecule has 0 saturated heterocycles. The smallest absolute Gasteiger partial charge is 0.291 e. The summed E-state index contributed by atoms with van der Waals surface area (Å²) in [5, 5.41) is 5.56. The van der Waals surface area contributed by atoms with Crippen molar-refractivity contribution in [1.82, 2.24) is 5.32 Å². The Kier molecular flexibility index (Phi) is 6.63. The molecule has 0 aliphatic heterocycles. The van der Waals surface area contributed by atoms with Gasteiger partial charge in [-0.3, -0.25) is 9.59 Å². The molecule has 0 atom stereocenters. The number of benzene rings is 2. The minimum Gasteiger partial charge on any atom is -0.494 e. The summed E-state index contributed by atoms with van der Waals surface area (Å²) in [5.41, 5.74) is 2.25. The van der Waals surface area contributed by atoms with Gasteiger partial charge in [-0.2, -0.15) is 0 Å². The van der Waals surface area contributed by atoms with Gasteiger partial charge in [0.2, 0.25) is 5.91 Å². The van der Waals surface area contributed by atoms with Crippen molar-refractivity contribution in [2.75, 3.05) is 12.4 Å². The number of carbonyl (C=O) groups excluding carboxylic acids is 2. The SMILES string of the molecule is COc1ccc(CCC(=O)NCc2ccc(NC(=O)c3ccco3)cc2)cc1F. The van der Waals surface area contributed by atoms with Gasteiger partial charge in [0, 0.05) is 18.7 Å². The topological polar surface area (TPSA) is 80.6 Å². The molecular formula is C22H21FN2O4. The molecule has 150 valence electrons. The second-order valence-corrected chi connectivity index (χ2v) is 6.37. The lowest BCUT2D eigenvalue weighted by Crippen LogP contribution is -2.23. The fourth-order valence-electron chi connectivity index (χ4n) is 2.72. The lowest BCUT2D eigenvalue weighted by atomic mass is 10.1. The standard InChI is InChI=1S/C22H21FN2O4/c1-28-19-10-6-15(13-18(19)23)7-11-21(26)24-14-16-4-8-17(9-5-16)25-22(27)20-3-2-12-29-20/h2-6,8-10,12-13H,7,11,14H2,1H3,(H,24,26)(H,25,27). The first-order valence-electron chi connectivity index (χ1n) is 9.08. The Balaban J connectivity index is 1.44. The number of hydrogen-bond donors (Lipinski definition) is 2. The van der Waals surface area contributed by atoms with Gasteiger partial charge in [0.1, 0.15) is 0 Å². The summed E-state index contributed by atoms with van der Waals surface area (Å²) in [6.07, 6.45) is 2.12. The van der Waals surface area contributed by atoms with E-state index in [-0.39, 0.29) is 29.7 Å². The van der Waals surface area contributed by atoms with E-state index in [2.05, 4.69) is 10.6 Å². The van der Waals surface area contributed by atoms with Crippen LogP contribution in [0.25, 0.3) is 0 Å². The van der Waals surface area contributed by atoms with Gasteiger partial charge in [-0.05, 0) is 53.9 Å². The third-order valence-corrected chi connectivity index (χ3v) is 4.30. The highest BCUT2D eigenvalue weighted by Crippen LogP contribution is 2.18. The molecule has 0 aliphatic rings. The van der Waals surface area contributed by atoms with Crippen LogP contribution in [0.15, 0.2) is 65.3 Å². The van der Waals surface area contributed by atoms with E-state index in [9.17, 15) is 14.0 Å². The second-order valence-electron chi connectivity index (χ2n) is 6.37. The number of nitrogens with one attached hydrogen (secondary N) is 2. The number of halogens is 1. The van der Waals surface area contributed by atoms with E-state index in [0.717, 1.165) is 11.1 Å². The second kappa shape index (κ2) is 9.54. The molecule has 29 heavy (non-hydrogen) atoms. The van der Waals surface area contributed by atoms with E-state index in [0.29, 0.717) is 18.7 Å². The Morgan fingerprint density at radius 2 is 1.83 bits per heavy atom. The van der Waals surface area contributed by atoms with Crippen molar-refractivity contribution in [2.24, 2.45) is 0 Å². The molecule has 6 nitrogen and oxygen atoms in total. The van der Waals surface area contributed by atoms with Gasteiger partial charge < -0.3 is 19.8 Å². The van der Waals surface area contributed by atoms with Gasteiger partial charge >= 0.3 is 0 Å². The van der Waals surface area contributed by atoms with Crippen molar-refractivity contribution in [3.63, 3.8) is 0 Å². The summed E-state index contributed by atoms with van der Waals surface area (Å²) >= 11 is 0. The third kappa shape index (κ3) is 5.68. The van der Waals surface area contributed by atoms with Crippen LogP contribution in [0.3, 0.4) is 0 Å². The number of carbonyl (C=O) groups is 2. The van der Waals surface area contributed by atoms with Crippen LogP contribution in [0.5, 0.6) is 5.75 Å². The van der Waals surface area contributed by atoms with Crippen molar-refractivity contribution in [3.05, 3.63) is 83.6 Å². The maximum absolute atomic E-state index is 13.7. The number of rotatable bonds is 8. The van der Waals surface area contributed by atoms with Crippen molar-refractivity contribution < 1.29 is 23.1 Å². The predicted molar refractivity (Wildman–Crippen MR) is 106 cm³/mol. The van der Waals surface area contributed by atoms with Crippen LogP contribution < -0.4 is 15.4 Å². The Bertz CT molecular complexity index is 969. The number of furan rings is 1.